The maximum atomic E-state index is 12.6. The molecule has 4 aromatic carbocycles. The molecule has 0 unspecified atom stereocenters. The number of carbonyl (C=O) groups is 1. The minimum absolute atomic E-state index is 0.0557. The number of hydrazone groups is 1. The SMILES string of the molecule is O=C(NN=Cc1cc(Br)ccc1O)c1cc(-c2ccccc2OCc2cccc3ccccc23)n[nH]1. The second kappa shape index (κ2) is 10.5. The van der Waals surface area contributed by atoms with Crippen LogP contribution in [0.3, 0.4) is 0 Å². The van der Waals surface area contributed by atoms with E-state index in [0.717, 1.165) is 26.4 Å². The fraction of sp³-hybridized carbons (Fsp3) is 0.0357. The van der Waals surface area contributed by atoms with Gasteiger partial charge in [0.1, 0.15) is 23.8 Å². The fourth-order valence-corrected chi connectivity index (χ4v) is 4.18. The number of rotatable bonds is 7. The lowest BCUT2D eigenvalue weighted by molar-refractivity contribution is 0.0950. The molecule has 0 fully saturated rings. The van der Waals surface area contributed by atoms with Crippen LogP contribution in [0.25, 0.3) is 22.0 Å². The number of amides is 1. The molecule has 0 bridgehead atoms. The Bertz CT molecular complexity index is 1570. The molecule has 8 heteroatoms. The average Bonchev–Trinajstić information content (AvgIpc) is 3.40. The number of ether oxygens (including phenoxy) is 1. The van der Waals surface area contributed by atoms with E-state index in [0.29, 0.717) is 23.6 Å². The third-order valence-electron chi connectivity index (χ3n) is 5.61. The summed E-state index contributed by atoms with van der Waals surface area (Å²) in [4.78, 5) is 12.6. The summed E-state index contributed by atoms with van der Waals surface area (Å²) in [6, 6.07) is 28.5. The van der Waals surface area contributed by atoms with E-state index in [2.05, 4.69) is 60.9 Å². The van der Waals surface area contributed by atoms with Gasteiger partial charge in [-0.05, 0) is 52.7 Å². The third kappa shape index (κ3) is 5.13. The molecule has 0 spiro atoms. The molecular formula is C28H21BrN4O3. The van der Waals surface area contributed by atoms with Crippen molar-refractivity contribution in [3.05, 3.63) is 112 Å². The number of para-hydroxylation sites is 1. The van der Waals surface area contributed by atoms with Gasteiger partial charge in [-0.15, -0.1) is 0 Å². The van der Waals surface area contributed by atoms with Gasteiger partial charge in [0, 0.05) is 15.6 Å². The van der Waals surface area contributed by atoms with Gasteiger partial charge in [0.05, 0.1) is 11.9 Å². The van der Waals surface area contributed by atoms with E-state index < -0.39 is 5.91 Å². The molecule has 1 amide bonds. The molecule has 0 saturated heterocycles. The summed E-state index contributed by atoms with van der Waals surface area (Å²) in [5.41, 5.74) is 5.56. The number of aromatic hydroxyl groups is 1. The zero-order chi connectivity index (χ0) is 24.9. The van der Waals surface area contributed by atoms with Crippen LogP contribution in [0.1, 0.15) is 21.6 Å². The highest BCUT2D eigenvalue weighted by molar-refractivity contribution is 9.10. The highest BCUT2D eigenvalue weighted by atomic mass is 79.9. The summed E-state index contributed by atoms with van der Waals surface area (Å²) in [7, 11) is 0. The molecule has 1 heterocycles. The number of carbonyl (C=O) groups excluding carboxylic acids is 1. The second-order valence-electron chi connectivity index (χ2n) is 7.99. The lowest BCUT2D eigenvalue weighted by atomic mass is 10.1. The first-order chi connectivity index (χ1) is 17.6. The van der Waals surface area contributed by atoms with Crippen molar-refractivity contribution in [2.24, 2.45) is 5.10 Å². The van der Waals surface area contributed by atoms with Crippen molar-refractivity contribution >= 4 is 38.8 Å². The number of phenols is 1. The molecule has 0 atom stereocenters. The van der Waals surface area contributed by atoms with Crippen molar-refractivity contribution in [1.29, 1.82) is 0 Å². The first kappa shape index (κ1) is 23.3. The number of benzene rings is 4. The Balaban J connectivity index is 1.30. The van der Waals surface area contributed by atoms with Gasteiger partial charge in [-0.2, -0.15) is 10.2 Å². The number of nitrogens with zero attached hydrogens (tertiary/aromatic N) is 2. The number of hydrogen-bond acceptors (Lipinski definition) is 5. The van der Waals surface area contributed by atoms with E-state index in [-0.39, 0.29) is 11.4 Å². The number of nitrogens with one attached hydrogen (secondary N) is 2. The molecule has 5 rings (SSSR count). The van der Waals surface area contributed by atoms with E-state index in [1.165, 1.54) is 12.3 Å². The van der Waals surface area contributed by atoms with Crippen LogP contribution in [-0.4, -0.2) is 27.4 Å². The second-order valence-corrected chi connectivity index (χ2v) is 8.91. The summed E-state index contributed by atoms with van der Waals surface area (Å²) < 4.78 is 6.97. The zero-order valence-electron chi connectivity index (χ0n) is 19.0. The first-order valence-corrected chi connectivity index (χ1v) is 11.9. The third-order valence-corrected chi connectivity index (χ3v) is 6.10. The number of aromatic nitrogens is 2. The van der Waals surface area contributed by atoms with Gasteiger partial charge in [0.2, 0.25) is 0 Å². The number of H-pyrrole nitrogens is 1. The molecule has 0 aliphatic heterocycles. The predicted octanol–water partition coefficient (Wildman–Crippen LogP) is 6.04. The van der Waals surface area contributed by atoms with E-state index in [1.807, 2.05) is 42.5 Å². The minimum atomic E-state index is -0.464. The van der Waals surface area contributed by atoms with Crippen LogP contribution < -0.4 is 10.2 Å². The maximum absolute atomic E-state index is 12.6. The number of fused-ring (bicyclic) bond motifs is 1. The monoisotopic (exact) mass is 540 g/mol. The highest BCUT2D eigenvalue weighted by Crippen LogP contribution is 2.30. The normalized spacial score (nSPS) is 11.1. The molecule has 0 radical (unpaired) electrons. The Morgan fingerprint density at radius 3 is 2.75 bits per heavy atom. The van der Waals surface area contributed by atoms with E-state index in [1.54, 1.807) is 18.2 Å². The molecular weight excluding hydrogens is 520 g/mol. The van der Waals surface area contributed by atoms with E-state index in [4.69, 9.17) is 4.74 Å². The van der Waals surface area contributed by atoms with Crippen LogP contribution in [0.2, 0.25) is 0 Å². The Hall–Kier alpha value is -4.43. The molecule has 1 aromatic heterocycles. The summed E-state index contributed by atoms with van der Waals surface area (Å²) in [5, 5.41) is 23.2. The summed E-state index contributed by atoms with van der Waals surface area (Å²) in [5.74, 6) is 0.251. The molecule has 7 nitrogen and oxygen atoms in total. The van der Waals surface area contributed by atoms with Gasteiger partial charge < -0.3 is 9.84 Å². The number of hydrogen-bond donors (Lipinski definition) is 3. The van der Waals surface area contributed by atoms with Gasteiger partial charge in [0.25, 0.3) is 5.91 Å². The number of phenolic OH excluding ortho intramolecular Hbond substituents is 1. The van der Waals surface area contributed by atoms with Crippen LogP contribution in [-0.2, 0) is 6.61 Å². The lowest BCUT2D eigenvalue weighted by Gasteiger charge is -2.12. The molecule has 0 saturated carbocycles. The maximum Gasteiger partial charge on any atom is 0.289 e. The van der Waals surface area contributed by atoms with Crippen LogP contribution >= 0.6 is 15.9 Å². The topological polar surface area (TPSA) is 99.6 Å². The van der Waals surface area contributed by atoms with Crippen molar-refractivity contribution in [1.82, 2.24) is 15.6 Å². The largest absolute Gasteiger partial charge is 0.507 e. The van der Waals surface area contributed by atoms with Crippen molar-refractivity contribution < 1.29 is 14.6 Å². The minimum Gasteiger partial charge on any atom is -0.507 e. The quantitative estimate of drug-likeness (QED) is 0.173. The fourth-order valence-electron chi connectivity index (χ4n) is 3.80. The van der Waals surface area contributed by atoms with Gasteiger partial charge in [-0.25, -0.2) is 5.43 Å². The Morgan fingerprint density at radius 1 is 1.03 bits per heavy atom. The highest BCUT2D eigenvalue weighted by Gasteiger charge is 2.14. The smallest absolute Gasteiger partial charge is 0.289 e. The van der Waals surface area contributed by atoms with Crippen LogP contribution in [0.15, 0.2) is 101 Å². The summed E-state index contributed by atoms with van der Waals surface area (Å²) in [6.45, 7) is 0.396. The van der Waals surface area contributed by atoms with Crippen LogP contribution in [0.4, 0.5) is 0 Å². The van der Waals surface area contributed by atoms with Gasteiger partial charge in [-0.3, -0.25) is 9.89 Å². The van der Waals surface area contributed by atoms with Gasteiger partial charge >= 0.3 is 0 Å². The lowest BCUT2D eigenvalue weighted by Crippen LogP contribution is -2.18. The Labute approximate surface area is 215 Å². The van der Waals surface area contributed by atoms with Crippen LogP contribution in [0, 0.1) is 0 Å². The van der Waals surface area contributed by atoms with Crippen LogP contribution in [0.5, 0.6) is 11.5 Å². The van der Waals surface area contributed by atoms with Crippen molar-refractivity contribution in [3.63, 3.8) is 0 Å². The van der Waals surface area contributed by atoms with Crippen molar-refractivity contribution in [3.8, 4) is 22.8 Å². The predicted molar refractivity (Wildman–Crippen MR) is 143 cm³/mol. The van der Waals surface area contributed by atoms with Gasteiger partial charge in [0.15, 0.2) is 0 Å². The summed E-state index contributed by atoms with van der Waals surface area (Å²) >= 11 is 3.34. The zero-order valence-corrected chi connectivity index (χ0v) is 20.6. The molecule has 0 aliphatic carbocycles. The average molecular weight is 541 g/mol. The first-order valence-electron chi connectivity index (χ1n) is 11.1. The molecule has 3 N–H and O–H groups in total. The number of halogens is 1. The Morgan fingerprint density at radius 2 is 1.83 bits per heavy atom. The van der Waals surface area contributed by atoms with E-state index >= 15 is 0 Å². The van der Waals surface area contributed by atoms with Crippen molar-refractivity contribution in [2.75, 3.05) is 0 Å². The Kier molecular flexibility index (Phi) is 6.77. The standard InChI is InChI=1S/C28H21BrN4O3/c29-21-12-13-26(34)20(14-21)16-30-33-28(35)25-15-24(31-32-25)23-10-3-4-11-27(23)36-17-19-8-5-7-18-6-1-2-9-22(18)19/h1-16,34H,17H2,(H,31,32)(H,33,35). The molecule has 5 aromatic rings. The molecule has 0 aliphatic rings. The van der Waals surface area contributed by atoms with Gasteiger partial charge in [-0.1, -0.05) is 70.5 Å². The molecule has 178 valence electrons. The van der Waals surface area contributed by atoms with Crippen molar-refractivity contribution in [2.45, 2.75) is 6.61 Å². The molecule has 36 heavy (non-hydrogen) atoms. The summed E-state index contributed by atoms with van der Waals surface area (Å²) in [6.07, 6.45) is 1.37. The van der Waals surface area contributed by atoms with E-state index in [9.17, 15) is 9.90 Å². The number of aromatic amines is 1.